The van der Waals surface area contributed by atoms with Crippen LogP contribution in [-0.4, -0.2) is 65.5 Å². The number of hydrogen-bond acceptors (Lipinski definition) is 7. The van der Waals surface area contributed by atoms with Crippen LogP contribution >= 0.6 is 0 Å². The zero-order valence-electron chi connectivity index (χ0n) is 19.0. The van der Waals surface area contributed by atoms with Crippen LogP contribution in [0.1, 0.15) is 46.1 Å². The zero-order chi connectivity index (χ0) is 23.0. The second kappa shape index (κ2) is 11.3. The molecule has 2 unspecified atom stereocenters. The van der Waals surface area contributed by atoms with Gasteiger partial charge in [0.2, 0.25) is 0 Å². The van der Waals surface area contributed by atoms with Crippen LogP contribution in [-0.2, 0) is 11.2 Å². The Morgan fingerprint density at radius 1 is 1.45 bits per heavy atom. The van der Waals surface area contributed by atoms with Crippen molar-refractivity contribution in [2.75, 3.05) is 38.1 Å². The van der Waals surface area contributed by atoms with Gasteiger partial charge in [-0.05, 0) is 57.6 Å². The van der Waals surface area contributed by atoms with E-state index in [9.17, 15) is 14.9 Å². The number of anilines is 1. The van der Waals surface area contributed by atoms with Gasteiger partial charge in [0, 0.05) is 38.9 Å². The van der Waals surface area contributed by atoms with Gasteiger partial charge in [-0.2, -0.15) is 0 Å². The van der Waals surface area contributed by atoms with Crippen LogP contribution in [0.15, 0.2) is 18.2 Å². The Hall–Kier alpha value is -2.39. The maximum absolute atomic E-state index is 12.6. The van der Waals surface area contributed by atoms with Crippen molar-refractivity contribution in [1.82, 2.24) is 10.2 Å². The van der Waals surface area contributed by atoms with Crippen molar-refractivity contribution >= 4 is 17.5 Å². The molecule has 1 aromatic rings. The van der Waals surface area contributed by atoms with Gasteiger partial charge >= 0.3 is 6.09 Å². The molecule has 31 heavy (non-hydrogen) atoms. The number of nitro groups is 1. The molecule has 2 atom stereocenters. The van der Waals surface area contributed by atoms with E-state index in [2.05, 4.69) is 10.6 Å². The van der Waals surface area contributed by atoms with E-state index in [4.69, 9.17) is 9.84 Å². The molecule has 1 aliphatic rings. The van der Waals surface area contributed by atoms with E-state index in [0.717, 1.165) is 12.0 Å². The van der Waals surface area contributed by atoms with E-state index in [0.29, 0.717) is 44.7 Å². The third-order valence-corrected chi connectivity index (χ3v) is 5.20. The van der Waals surface area contributed by atoms with Crippen molar-refractivity contribution in [2.45, 2.75) is 58.6 Å². The first kappa shape index (κ1) is 24.9. The molecule has 9 nitrogen and oxygen atoms in total. The number of aliphatic hydroxyl groups is 1. The van der Waals surface area contributed by atoms with Gasteiger partial charge in [-0.3, -0.25) is 10.1 Å². The highest BCUT2D eigenvalue weighted by molar-refractivity contribution is 5.69. The molecule has 0 spiro atoms. The van der Waals surface area contributed by atoms with Gasteiger partial charge in [0.25, 0.3) is 5.69 Å². The number of nitrogens with zero attached hydrogens (tertiary/aromatic N) is 2. The van der Waals surface area contributed by atoms with Crippen LogP contribution in [0.2, 0.25) is 0 Å². The maximum atomic E-state index is 12.6. The highest BCUT2D eigenvalue weighted by Crippen LogP contribution is 2.27. The summed E-state index contributed by atoms with van der Waals surface area (Å²) in [5.41, 5.74) is 0.858. The molecular formula is C22H36N4O5. The molecule has 0 aromatic heterocycles. The van der Waals surface area contributed by atoms with E-state index in [1.54, 1.807) is 17.0 Å². The molecule has 9 heteroatoms. The molecule has 1 fully saturated rings. The lowest BCUT2D eigenvalue weighted by Crippen LogP contribution is -2.55. The largest absolute Gasteiger partial charge is 0.444 e. The second-order valence-corrected chi connectivity index (χ2v) is 9.20. The van der Waals surface area contributed by atoms with Crippen molar-refractivity contribution < 1.29 is 19.6 Å². The average molecular weight is 437 g/mol. The van der Waals surface area contributed by atoms with Crippen LogP contribution in [0.25, 0.3) is 0 Å². The number of benzene rings is 1. The topological polar surface area (TPSA) is 117 Å². The monoisotopic (exact) mass is 436 g/mol. The lowest BCUT2D eigenvalue weighted by atomic mass is 10.0. The quantitative estimate of drug-likeness (QED) is 0.402. The summed E-state index contributed by atoms with van der Waals surface area (Å²) in [5.74, 6) is 0.278. The lowest BCUT2D eigenvalue weighted by molar-refractivity contribution is -0.384. The van der Waals surface area contributed by atoms with Gasteiger partial charge in [-0.15, -0.1) is 0 Å². The molecule has 1 amide bonds. The van der Waals surface area contributed by atoms with Crippen LogP contribution in [0.5, 0.6) is 0 Å². The zero-order valence-corrected chi connectivity index (χ0v) is 19.0. The minimum atomic E-state index is -0.566. The van der Waals surface area contributed by atoms with Gasteiger partial charge in [-0.25, -0.2) is 4.79 Å². The molecule has 1 heterocycles. The molecule has 3 N–H and O–H groups in total. The first-order chi connectivity index (χ1) is 14.6. The fourth-order valence-corrected chi connectivity index (χ4v) is 3.61. The summed E-state index contributed by atoms with van der Waals surface area (Å²) in [6.07, 6.45) is 1.78. The molecule has 174 valence electrons. The van der Waals surface area contributed by atoms with Gasteiger partial charge in [0.05, 0.1) is 11.0 Å². The van der Waals surface area contributed by atoms with E-state index in [1.807, 2.05) is 27.7 Å². The number of carbonyl (C=O) groups is 1. The number of hydrogen-bond donors (Lipinski definition) is 3. The molecular weight excluding hydrogens is 400 g/mol. The Kier molecular flexibility index (Phi) is 9.06. The average Bonchev–Trinajstić information content (AvgIpc) is 2.69. The number of piperazine rings is 1. The fourth-order valence-electron chi connectivity index (χ4n) is 3.61. The summed E-state index contributed by atoms with van der Waals surface area (Å²) >= 11 is 0. The standard InChI is InChI=1S/C22H36N4O5/c1-16(6-5-11-27)14-24-19-13-17(7-8-20(19)26(29)30)12-18-15-23-9-10-25(18)21(28)31-22(2,3)4/h7-8,13,16,18,23-24,27H,5-6,9-12,14-15H2,1-4H3. The number of ether oxygens (including phenoxy) is 1. The van der Waals surface area contributed by atoms with E-state index >= 15 is 0 Å². The van der Waals surface area contributed by atoms with Crippen molar-refractivity contribution in [1.29, 1.82) is 0 Å². The Labute approximate surface area is 184 Å². The predicted molar refractivity (Wildman–Crippen MR) is 120 cm³/mol. The third-order valence-electron chi connectivity index (χ3n) is 5.20. The Bertz CT molecular complexity index is 750. The van der Waals surface area contributed by atoms with E-state index in [1.165, 1.54) is 6.07 Å². The van der Waals surface area contributed by atoms with Crippen LogP contribution in [0.3, 0.4) is 0 Å². The Morgan fingerprint density at radius 3 is 2.84 bits per heavy atom. The summed E-state index contributed by atoms with van der Waals surface area (Å²) < 4.78 is 5.56. The molecule has 0 radical (unpaired) electrons. The first-order valence-electron chi connectivity index (χ1n) is 10.9. The first-order valence-corrected chi connectivity index (χ1v) is 10.9. The van der Waals surface area contributed by atoms with Gasteiger partial charge in [-0.1, -0.05) is 13.0 Å². The molecule has 0 saturated carbocycles. The number of nitrogens with one attached hydrogen (secondary N) is 2. The third kappa shape index (κ3) is 7.99. The normalized spacial score (nSPS) is 17.8. The summed E-state index contributed by atoms with van der Waals surface area (Å²) in [4.78, 5) is 25.5. The molecule has 0 aliphatic carbocycles. The summed E-state index contributed by atoms with van der Waals surface area (Å²) in [7, 11) is 0. The van der Waals surface area contributed by atoms with Crippen LogP contribution < -0.4 is 10.6 Å². The molecule has 1 saturated heterocycles. The fraction of sp³-hybridized carbons (Fsp3) is 0.682. The smallest absolute Gasteiger partial charge is 0.410 e. The van der Waals surface area contributed by atoms with Crippen molar-refractivity contribution in [3.63, 3.8) is 0 Å². The number of rotatable bonds is 9. The minimum absolute atomic E-state index is 0.0314. The minimum Gasteiger partial charge on any atom is -0.444 e. The van der Waals surface area contributed by atoms with Crippen LogP contribution in [0.4, 0.5) is 16.2 Å². The molecule has 1 aromatic carbocycles. The summed E-state index contributed by atoms with van der Waals surface area (Å²) in [5, 5.41) is 27.0. The van der Waals surface area contributed by atoms with E-state index in [-0.39, 0.29) is 35.3 Å². The Balaban J connectivity index is 2.13. The SMILES string of the molecule is CC(CCCO)CNc1cc(CC2CNCCN2C(=O)OC(C)(C)C)ccc1[N+](=O)[O-]. The lowest BCUT2D eigenvalue weighted by Gasteiger charge is -2.37. The highest BCUT2D eigenvalue weighted by atomic mass is 16.6. The molecule has 2 rings (SSSR count). The Morgan fingerprint density at radius 2 is 2.19 bits per heavy atom. The summed E-state index contributed by atoms with van der Waals surface area (Å²) in [6, 6.07) is 4.98. The molecule has 1 aliphatic heterocycles. The van der Waals surface area contributed by atoms with Crippen molar-refractivity contribution in [3.8, 4) is 0 Å². The van der Waals surface area contributed by atoms with Gasteiger partial charge in [0.1, 0.15) is 11.3 Å². The number of nitro benzene ring substituents is 1. The number of aliphatic hydroxyl groups excluding tert-OH is 1. The molecule has 0 bridgehead atoms. The van der Waals surface area contributed by atoms with E-state index < -0.39 is 5.60 Å². The highest BCUT2D eigenvalue weighted by Gasteiger charge is 2.30. The number of amides is 1. The van der Waals surface area contributed by atoms with Crippen molar-refractivity contribution in [3.05, 3.63) is 33.9 Å². The van der Waals surface area contributed by atoms with Crippen molar-refractivity contribution in [2.24, 2.45) is 5.92 Å². The van der Waals surface area contributed by atoms with Gasteiger partial charge in [0.15, 0.2) is 0 Å². The number of carbonyl (C=O) groups excluding carboxylic acids is 1. The maximum Gasteiger partial charge on any atom is 0.410 e. The summed E-state index contributed by atoms with van der Waals surface area (Å²) in [6.45, 7) is 10.2. The van der Waals surface area contributed by atoms with Gasteiger partial charge < -0.3 is 25.4 Å². The van der Waals surface area contributed by atoms with Crippen LogP contribution in [0, 0.1) is 16.0 Å². The second-order valence-electron chi connectivity index (χ2n) is 9.20. The predicted octanol–water partition coefficient (Wildman–Crippen LogP) is 3.17.